The maximum Gasteiger partial charge on any atom is 0.228 e. The average molecular weight is 245 g/mol. The Bertz CT molecular complexity index is 429. The van der Waals surface area contributed by atoms with Gasteiger partial charge in [0.2, 0.25) is 5.91 Å². The first-order chi connectivity index (χ1) is 8.44. The second-order valence-corrected chi connectivity index (χ2v) is 4.95. The van der Waals surface area contributed by atoms with Gasteiger partial charge in [0.15, 0.2) is 0 Å². The van der Waals surface area contributed by atoms with Crippen LogP contribution in [0.3, 0.4) is 0 Å². The molecule has 0 heterocycles. The molecule has 4 heteroatoms. The predicted molar refractivity (Wildman–Crippen MR) is 71.9 cm³/mol. The smallest absolute Gasteiger partial charge is 0.228 e. The summed E-state index contributed by atoms with van der Waals surface area (Å²) in [5.41, 5.74) is 6.13. The van der Waals surface area contributed by atoms with E-state index in [9.17, 15) is 4.79 Å². The molecule has 2 N–H and O–H groups in total. The zero-order chi connectivity index (χ0) is 13.6. The third-order valence-electron chi connectivity index (χ3n) is 2.42. The number of para-hydroxylation sites is 1. The maximum absolute atomic E-state index is 12.2. The summed E-state index contributed by atoms with van der Waals surface area (Å²) in [6.07, 6.45) is 0.568. The molecule has 0 atom stereocenters. The highest BCUT2D eigenvalue weighted by atomic mass is 16.2. The monoisotopic (exact) mass is 245 g/mol. The fourth-order valence-corrected chi connectivity index (χ4v) is 1.65. The summed E-state index contributed by atoms with van der Waals surface area (Å²) in [5, 5.41) is 8.66. The average Bonchev–Trinajstić information content (AvgIpc) is 2.28. The zero-order valence-corrected chi connectivity index (χ0v) is 10.9. The Morgan fingerprint density at radius 3 is 2.50 bits per heavy atom. The lowest BCUT2D eigenvalue weighted by atomic mass is 10.0. The number of nitrogens with zero attached hydrogens (tertiary/aromatic N) is 2. The van der Waals surface area contributed by atoms with E-state index in [2.05, 4.69) is 6.07 Å². The number of carbonyl (C=O) groups is 1. The van der Waals surface area contributed by atoms with Gasteiger partial charge >= 0.3 is 0 Å². The van der Waals surface area contributed by atoms with Crippen molar-refractivity contribution < 1.29 is 4.79 Å². The largest absolute Gasteiger partial charge is 0.325 e. The fraction of sp³-hybridized carbons (Fsp3) is 0.429. The van der Waals surface area contributed by atoms with Crippen molar-refractivity contribution in [3.05, 3.63) is 30.3 Å². The topological polar surface area (TPSA) is 70.1 Å². The molecule has 0 unspecified atom stereocenters. The lowest BCUT2D eigenvalue weighted by molar-refractivity contribution is -0.119. The van der Waals surface area contributed by atoms with Crippen LogP contribution in [0.25, 0.3) is 0 Å². The molecule has 4 nitrogen and oxygen atoms in total. The van der Waals surface area contributed by atoms with Crippen molar-refractivity contribution in [3.63, 3.8) is 0 Å². The number of nitrogens with two attached hydrogens (primary N) is 1. The fourth-order valence-electron chi connectivity index (χ4n) is 1.65. The van der Waals surface area contributed by atoms with E-state index in [0.717, 1.165) is 5.69 Å². The Balaban J connectivity index is 2.86. The number of nitriles is 1. The van der Waals surface area contributed by atoms with Crippen molar-refractivity contribution in [2.75, 3.05) is 11.4 Å². The summed E-state index contributed by atoms with van der Waals surface area (Å²) in [6.45, 7) is 4.03. The molecule has 0 aliphatic rings. The van der Waals surface area contributed by atoms with Crippen molar-refractivity contribution in [3.8, 4) is 6.07 Å². The molecule has 0 radical (unpaired) electrons. The minimum absolute atomic E-state index is 0.0519. The van der Waals surface area contributed by atoms with E-state index in [1.807, 2.05) is 44.2 Å². The van der Waals surface area contributed by atoms with Crippen molar-refractivity contribution in [1.82, 2.24) is 0 Å². The summed E-state index contributed by atoms with van der Waals surface area (Å²) in [5.74, 6) is -0.0519. The van der Waals surface area contributed by atoms with Gasteiger partial charge in [0, 0.05) is 24.2 Å². The molecule has 1 amide bonds. The lowest BCUT2D eigenvalue weighted by Crippen LogP contribution is -2.41. The van der Waals surface area contributed by atoms with Crippen molar-refractivity contribution in [2.45, 2.75) is 32.2 Å². The van der Waals surface area contributed by atoms with E-state index >= 15 is 0 Å². The van der Waals surface area contributed by atoms with Gasteiger partial charge in [0.05, 0.1) is 12.5 Å². The van der Waals surface area contributed by atoms with Gasteiger partial charge in [0.1, 0.15) is 0 Å². The van der Waals surface area contributed by atoms with Crippen LogP contribution in [0.4, 0.5) is 5.69 Å². The molecule has 1 rings (SSSR count). The normalized spacial score (nSPS) is 10.8. The standard InChI is InChI=1S/C14H19N3O/c1-14(2,16)11-13(18)17(10-6-9-15)12-7-4-3-5-8-12/h3-5,7-8H,6,10-11,16H2,1-2H3. The van der Waals surface area contributed by atoms with E-state index in [1.165, 1.54) is 0 Å². The number of hydrogen-bond acceptors (Lipinski definition) is 3. The molecule has 0 saturated heterocycles. The van der Waals surface area contributed by atoms with E-state index in [-0.39, 0.29) is 12.3 Å². The van der Waals surface area contributed by atoms with Crippen LogP contribution in [0.1, 0.15) is 26.7 Å². The van der Waals surface area contributed by atoms with Gasteiger partial charge in [-0.1, -0.05) is 18.2 Å². The third kappa shape index (κ3) is 4.56. The summed E-state index contributed by atoms with van der Waals surface area (Å²) in [7, 11) is 0. The molecule has 1 aromatic rings. The molecule has 0 fully saturated rings. The number of rotatable bonds is 5. The highest BCUT2D eigenvalue weighted by Crippen LogP contribution is 2.17. The van der Waals surface area contributed by atoms with E-state index in [4.69, 9.17) is 11.0 Å². The van der Waals surface area contributed by atoms with Crippen LogP contribution < -0.4 is 10.6 Å². The first-order valence-corrected chi connectivity index (χ1v) is 5.95. The summed E-state index contributed by atoms with van der Waals surface area (Å²) < 4.78 is 0. The van der Waals surface area contributed by atoms with Gasteiger partial charge in [-0.05, 0) is 26.0 Å². The van der Waals surface area contributed by atoms with Crippen LogP contribution in [-0.2, 0) is 4.79 Å². The number of hydrogen-bond donors (Lipinski definition) is 1. The van der Waals surface area contributed by atoms with E-state index in [0.29, 0.717) is 13.0 Å². The Morgan fingerprint density at radius 2 is 2.00 bits per heavy atom. The number of benzene rings is 1. The molecule has 0 bridgehead atoms. The van der Waals surface area contributed by atoms with Gasteiger partial charge in [-0.15, -0.1) is 0 Å². The van der Waals surface area contributed by atoms with Crippen LogP contribution in [-0.4, -0.2) is 18.0 Å². The molecular weight excluding hydrogens is 226 g/mol. The minimum Gasteiger partial charge on any atom is -0.325 e. The number of carbonyl (C=O) groups excluding carboxylic acids is 1. The van der Waals surface area contributed by atoms with E-state index < -0.39 is 5.54 Å². The Morgan fingerprint density at radius 1 is 1.39 bits per heavy atom. The minimum atomic E-state index is -0.545. The molecular formula is C14H19N3O. The first-order valence-electron chi connectivity index (χ1n) is 5.95. The SMILES string of the molecule is CC(C)(N)CC(=O)N(CCC#N)c1ccccc1. The highest BCUT2D eigenvalue weighted by Gasteiger charge is 2.22. The van der Waals surface area contributed by atoms with Crippen LogP contribution in [0, 0.1) is 11.3 Å². The molecule has 0 aromatic heterocycles. The second-order valence-electron chi connectivity index (χ2n) is 4.95. The number of amides is 1. The van der Waals surface area contributed by atoms with Gasteiger partial charge < -0.3 is 10.6 Å². The predicted octanol–water partition coefficient (Wildman–Crippen LogP) is 2.06. The van der Waals surface area contributed by atoms with Crippen LogP contribution in [0.2, 0.25) is 0 Å². The quantitative estimate of drug-likeness (QED) is 0.863. The molecule has 96 valence electrons. The van der Waals surface area contributed by atoms with Crippen molar-refractivity contribution in [1.29, 1.82) is 5.26 Å². The van der Waals surface area contributed by atoms with Crippen LogP contribution in [0.15, 0.2) is 30.3 Å². The summed E-state index contributed by atoms with van der Waals surface area (Å²) in [4.78, 5) is 13.8. The van der Waals surface area contributed by atoms with Crippen LogP contribution in [0.5, 0.6) is 0 Å². The molecule has 0 saturated carbocycles. The zero-order valence-electron chi connectivity index (χ0n) is 10.9. The summed E-state index contributed by atoms with van der Waals surface area (Å²) in [6, 6.07) is 11.4. The van der Waals surface area contributed by atoms with Gasteiger partial charge in [-0.2, -0.15) is 5.26 Å². The lowest BCUT2D eigenvalue weighted by Gasteiger charge is -2.26. The van der Waals surface area contributed by atoms with Gasteiger partial charge in [-0.3, -0.25) is 4.79 Å². The molecule has 0 aliphatic heterocycles. The molecule has 18 heavy (non-hydrogen) atoms. The Hall–Kier alpha value is -1.86. The summed E-state index contributed by atoms with van der Waals surface area (Å²) >= 11 is 0. The molecule has 1 aromatic carbocycles. The second kappa shape index (κ2) is 6.18. The van der Waals surface area contributed by atoms with Crippen molar-refractivity contribution >= 4 is 11.6 Å². The Kier molecular flexibility index (Phi) is 4.87. The van der Waals surface area contributed by atoms with Gasteiger partial charge in [0.25, 0.3) is 0 Å². The first kappa shape index (κ1) is 14.2. The number of anilines is 1. The molecule has 0 aliphatic carbocycles. The highest BCUT2D eigenvalue weighted by molar-refractivity contribution is 5.94. The van der Waals surface area contributed by atoms with E-state index in [1.54, 1.807) is 4.90 Å². The van der Waals surface area contributed by atoms with Gasteiger partial charge in [-0.25, -0.2) is 0 Å². The third-order valence-corrected chi connectivity index (χ3v) is 2.42. The maximum atomic E-state index is 12.2. The van der Waals surface area contributed by atoms with Crippen LogP contribution >= 0.6 is 0 Å². The van der Waals surface area contributed by atoms with Crippen molar-refractivity contribution in [2.24, 2.45) is 5.73 Å². The molecule has 0 spiro atoms. The Labute approximate surface area is 108 Å².